The minimum absolute atomic E-state index is 0.0229. The van der Waals surface area contributed by atoms with Gasteiger partial charge in [-0.2, -0.15) is 0 Å². The summed E-state index contributed by atoms with van der Waals surface area (Å²) in [6.45, 7) is 3.72. The van der Waals surface area contributed by atoms with Crippen LogP contribution in [0, 0.1) is 5.82 Å². The maximum atomic E-state index is 14.8. The second-order valence-electron chi connectivity index (χ2n) is 7.81. The number of hydrogen-bond donors (Lipinski definition) is 1. The summed E-state index contributed by atoms with van der Waals surface area (Å²) in [6, 6.07) is 4.49. The van der Waals surface area contributed by atoms with E-state index in [-0.39, 0.29) is 43.6 Å². The molecule has 31 heavy (non-hydrogen) atoms. The lowest BCUT2D eigenvalue weighted by molar-refractivity contribution is -0.148. The largest absolute Gasteiger partial charge is 0.456 e. The zero-order valence-corrected chi connectivity index (χ0v) is 17.2. The number of esters is 1. The normalized spacial score (nSPS) is 24.0. The van der Waals surface area contributed by atoms with Crippen molar-refractivity contribution in [3.05, 3.63) is 24.0 Å². The van der Waals surface area contributed by atoms with Gasteiger partial charge in [0.2, 0.25) is 5.91 Å². The number of cyclic esters (lactones) is 1. The Balaban J connectivity index is 1.34. The van der Waals surface area contributed by atoms with Gasteiger partial charge >= 0.3 is 12.1 Å². The Bertz CT molecular complexity index is 928. The molecule has 4 rings (SSSR count). The van der Waals surface area contributed by atoms with Crippen molar-refractivity contribution in [2.75, 3.05) is 42.6 Å². The van der Waals surface area contributed by atoms with Crippen molar-refractivity contribution in [1.82, 2.24) is 10.2 Å². The van der Waals surface area contributed by atoms with Crippen LogP contribution in [0.3, 0.4) is 0 Å². The van der Waals surface area contributed by atoms with Gasteiger partial charge in [0.15, 0.2) is 6.61 Å². The summed E-state index contributed by atoms with van der Waals surface area (Å²) < 4.78 is 24.8. The molecule has 166 valence electrons. The van der Waals surface area contributed by atoms with Crippen LogP contribution in [0.5, 0.6) is 0 Å². The summed E-state index contributed by atoms with van der Waals surface area (Å²) in [4.78, 5) is 50.9. The molecule has 3 amide bonds. The highest BCUT2D eigenvalue weighted by atomic mass is 19.1. The molecule has 1 N–H and O–H groups in total. The van der Waals surface area contributed by atoms with E-state index in [2.05, 4.69) is 5.32 Å². The van der Waals surface area contributed by atoms with Gasteiger partial charge in [0.05, 0.1) is 36.5 Å². The number of nitrogens with zero attached hydrogens (tertiary/aromatic N) is 3. The number of anilines is 2. The Labute approximate surface area is 177 Å². The van der Waals surface area contributed by atoms with E-state index in [1.807, 2.05) is 4.90 Å². The van der Waals surface area contributed by atoms with Crippen LogP contribution in [0.4, 0.5) is 20.6 Å². The van der Waals surface area contributed by atoms with E-state index in [1.54, 1.807) is 17.0 Å². The first kappa shape index (κ1) is 20.9. The molecule has 10 nitrogen and oxygen atoms in total. The van der Waals surface area contributed by atoms with Gasteiger partial charge in [-0.1, -0.05) is 0 Å². The summed E-state index contributed by atoms with van der Waals surface area (Å²) in [6.07, 6.45) is -1.09. The smallest absolute Gasteiger partial charge is 0.414 e. The summed E-state index contributed by atoms with van der Waals surface area (Å²) in [5, 5.41) is 2.59. The first-order valence-corrected chi connectivity index (χ1v) is 9.96. The van der Waals surface area contributed by atoms with Gasteiger partial charge in [0, 0.05) is 26.9 Å². The third kappa shape index (κ3) is 4.25. The van der Waals surface area contributed by atoms with E-state index in [9.17, 15) is 23.6 Å². The molecular formula is C20H23FN4O6. The minimum atomic E-state index is -0.591. The van der Waals surface area contributed by atoms with Gasteiger partial charge in [0.25, 0.3) is 5.91 Å². The van der Waals surface area contributed by atoms with E-state index < -0.39 is 24.0 Å². The van der Waals surface area contributed by atoms with Gasteiger partial charge in [-0.25, -0.2) is 9.18 Å². The van der Waals surface area contributed by atoms with Crippen molar-refractivity contribution in [1.29, 1.82) is 0 Å². The number of fused-ring (bicyclic) bond motifs is 1. The molecular weight excluding hydrogens is 411 g/mol. The molecule has 3 atom stereocenters. The third-order valence-corrected chi connectivity index (χ3v) is 5.61. The fraction of sp³-hybridized carbons (Fsp3) is 0.500. The molecule has 1 aromatic rings. The van der Waals surface area contributed by atoms with Crippen molar-refractivity contribution >= 4 is 35.3 Å². The molecule has 3 saturated heterocycles. The summed E-state index contributed by atoms with van der Waals surface area (Å²) in [5.74, 6) is -1.45. The van der Waals surface area contributed by atoms with Gasteiger partial charge < -0.3 is 24.6 Å². The molecule has 0 bridgehead atoms. The first-order valence-electron chi connectivity index (χ1n) is 9.96. The molecule has 3 heterocycles. The molecule has 0 saturated carbocycles. The highest BCUT2D eigenvalue weighted by molar-refractivity contribution is 5.90. The quantitative estimate of drug-likeness (QED) is 0.505. The van der Waals surface area contributed by atoms with Crippen LogP contribution in [0.15, 0.2) is 18.2 Å². The fourth-order valence-electron chi connectivity index (χ4n) is 4.10. The van der Waals surface area contributed by atoms with Crippen molar-refractivity contribution in [2.45, 2.75) is 32.0 Å². The molecule has 0 aliphatic carbocycles. The number of nitrogens with one attached hydrogen (secondary N) is 1. The van der Waals surface area contributed by atoms with E-state index in [4.69, 9.17) is 9.47 Å². The average Bonchev–Trinajstić information content (AvgIpc) is 3.03. The van der Waals surface area contributed by atoms with Gasteiger partial charge in [-0.05, 0) is 18.2 Å². The molecule has 3 fully saturated rings. The van der Waals surface area contributed by atoms with Crippen LogP contribution in [0.2, 0.25) is 0 Å². The molecule has 0 aromatic heterocycles. The number of carbonyl (C=O) groups excluding carboxylic acids is 4. The number of piperazine rings is 1. The lowest BCUT2D eigenvalue weighted by Crippen LogP contribution is -2.34. The molecule has 1 aromatic carbocycles. The summed E-state index contributed by atoms with van der Waals surface area (Å²) in [5.41, 5.74) is 0.768. The van der Waals surface area contributed by atoms with Gasteiger partial charge in [-0.15, -0.1) is 0 Å². The lowest BCUT2D eigenvalue weighted by atomic mass is 10.2. The summed E-state index contributed by atoms with van der Waals surface area (Å²) >= 11 is 0. The Hall–Kier alpha value is -3.37. The van der Waals surface area contributed by atoms with Crippen LogP contribution in [0.1, 0.15) is 13.8 Å². The fourth-order valence-corrected chi connectivity index (χ4v) is 4.10. The molecule has 2 unspecified atom stereocenters. The maximum absolute atomic E-state index is 14.8. The summed E-state index contributed by atoms with van der Waals surface area (Å²) in [7, 11) is 0. The second kappa shape index (κ2) is 8.05. The topological polar surface area (TPSA) is 108 Å². The van der Waals surface area contributed by atoms with Crippen LogP contribution >= 0.6 is 0 Å². The van der Waals surface area contributed by atoms with Crippen LogP contribution in [0.25, 0.3) is 0 Å². The number of amides is 3. The molecule has 3 aliphatic heterocycles. The Morgan fingerprint density at radius 2 is 1.90 bits per heavy atom. The lowest BCUT2D eigenvalue weighted by Gasteiger charge is -2.24. The van der Waals surface area contributed by atoms with E-state index in [1.165, 1.54) is 24.8 Å². The average molecular weight is 434 g/mol. The Morgan fingerprint density at radius 3 is 2.52 bits per heavy atom. The molecule has 3 aliphatic rings. The number of rotatable bonds is 6. The number of hydrogen-bond acceptors (Lipinski definition) is 7. The number of halogens is 1. The number of carbonyl (C=O) groups is 4. The number of benzene rings is 1. The third-order valence-electron chi connectivity index (χ3n) is 5.61. The van der Waals surface area contributed by atoms with E-state index in [0.717, 1.165) is 0 Å². The first-order chi connectivity index (χ1) is 14.7. The molecule has 11 heteroatoms. The Kier molecular flexibility index (Phi) is 5.42. The standard InChI is InChI=1S/C20H23FN4O6/c1-11(26)22-6-14-7-24(20(29)31-14)13-3-4-16(15(21)5-13)23-8-17-18(9-23)25(17)19(28)10-30-12(2)27/h3-5,14,17-18H,6-10H2,1-2H3,(H,22,26)/t14-,17?,18?,25?/m0/s1. The monoisotopic (exact) mass is 434 g/mol. The highest BCUT2D eigenvalue weighted by Crippen LogP contribution is 2.39. The minimum Gasteiger partial charge on any atom is -0.456 e. The molecule has 0 radical (unpaired) electrons. The van der Waals surface area contributed by atoms with E-state index in [0.29, 0.717) is 24.5 Å². The van der Waals surface area contributed by atoms with Gasteiger partial charge in [0.1, 0.15) is 11.9 Å². The Morgan fingerprint density at radius 1 is 1.19 bits per heavy atom. The highest BCUT2D eigenvalue weighted by Gasteiger charge is 2.56. The van der Waals surface area contributed by atoms with Crippen molar-refractivity contribution < 1.29 is 33.0 Å². The van der Waals surface area contributed by atoms with Crippen LogP contribution in [-0.4, -0.2) is 79.8 Å². The zero-order valence-electron chi connectivity index (χ0n) is 17.2. The second-order valence-corrected chi connectivity index (χ2v) is 7.81. The van der Waals surface area contributed by atoms with Crippen molar-refractivity contribution in [3.8, 4) is 0 Å². The number of ether oxygens (including phenoxy) is 2. The van der Waals surface area contributed by atoms with Crippen LogP contribution in [-0.2, 0) is 23.9 Å². The SMILES string of the molecule is CC(=O)NC[C@H]1CN(c2ccc(N3CC4C(C3)N4C(=O)COC(C)=O)c(F)c2)C(=O)O1. The molecule has 0 spiro atoms. The van der Waals surface area contributed by atoms with E-state index >= 15 is 0 Å². The van der Waals surface area contributed by atoms with Crippen LogP contribution < -0.4 is 15.1 Å². The predicted octanol–water partition coefficient (Wildman–Crippen LogP) is 0.250. The van der Waals surface area contributed by atoms with Crippen molar-refractivity contribution in [3.63, 3.8) is 0 Å². The maximum Gasteiger partial charge on any atom is 0.414 e. The predicted molar refractivity (Wildman–Crippen MR) is 106 cm³/mol. The zero-order chi connectivity index (χ0) is 22.3. The van der Waals surface area contributed by atoms with Crippen molar-refractivity contribution in [2.24, 2.45) is 0 Å². The van der Waals surface area contributed by atoms with Gasteiger partial charge in [-0.3, -0.25) is 19.3 Å².